The van der Waals surface area contributed by atoms with E-state index in [1.165, 1.54) is 0 Å². The molecule has 0 fully saturated rings. The van der Waals surface area contributed by atoms with Crippen LogP contribution in [0, 0.1) is 29.9 Å². The van der Waals surface area contributed by atoms with Crippen LogP contribution < -0.4 is 5.32 Å². The Kier molecular flexibility index (Phi) is 5.90. The van der Waals surface area contributed by atoms with Crippen LogP contribution in [0.25, 0.3) is 0 Å². The average Bonchev–Trinajstić information content (AvgIpc) is 2.86. The second-order valence-corrected chi connectivity index (χ2v) is 6.24. The van der Waals surface area contributed by atoms with Gasteiger partial charge in [-0.3, -0.25) is 19.6 Å². The molecule has 2 rings (SSSR count). The van der Waals surface area contributed by atoms with Crippen LogP contribution in [0.15, 0.2) is 30.3 Å². The first-order valence-corrected chi connectivity index (χ1v) is 8.38. The topological polar surface area (TPSA) is 90.1 Å². The number of benzene rings is 1. The van der Waals surface area contributed by atoms with Gasteiger partial charge >= 0.3 is 5.69 Å². The van der Waals surface area contributed by atoms with Crippen molar-refractivity contribution in [2.75, 3.05) is 0 Å². The van der Waals surface area contributed by atoms with E-state index in [0.29, 0.717) is 17.9 Å². The van der Waals surface area contributed by atoms with Crippen LogP contribution >= 0.6 is 0 Å². The van der Waals surface area contributed by atoms with Crippen LogP contribution in [0.1, 0.15) is 43.3 Å². The fourth-order valence-corrected chi connectivity index (χ4v) is 2.89. The molecule has 0 bridgehead atoms. The van der Waals surface area contributed by atoms with Crippen molar-refractivity contribution in [2.24, 2.45) is 5.92 Å². The SMILES string of the molecule is CCC(NC(=O)C(C)Cn1nc(C)c([N+](=O)[O-])c1C)c1ccccc1. The molecule has 2 unspecified atom stereocenters. The molecule has 0 saturated heterocycles. The first-order valence-electron chi connectivity index (χ1n) is 8.38. The lowest BCUT2D eigenvalue weighted by Gasteiger charge is -2.20. The zero-order chi connectivity index (χ0) is 18.6. The summed E-state index contributed by atoms with van der Waals surface area (Å²) in [5, 5.41) is 18.3. The van der Waals surface area contributed by atoms with Gasteiger partial charge in [0.15, 0.2) is 0 Å². The Morgan fingerprint density at radius 2 is 1.96 bits per heavy atom. The molecule has 1 heterocycles. The number of carbonyl (C=O) groups excluding carboxylic acids is 1. The van der Waals surface area contributed by atoms with Crippen LogP contribution in [0.3, 0.4) is 0 Å². The predicted octanol–water partition coefficient (Wildman–Crippen LogP) is 3.31. The minimum Gasteiger partial charge on any atom is -0.349 e. The molecule has 25 heavy (non-hydrogen) atoms. The highest BCUT2D eigenvalue weighted by atomic mass is 16.6. The fourth-order valence-electron chi connectivity index (χ4n) is 2.89. The van der Waals surface area contributed by atoms with Gasteiger partial charge in [0.25, 0.3) is 0 Å². The van der Waals surface area contributed by atoms with Crippen LogP contribution in [-0.2, 0) is 11.3 Å². The average molecular weight is 344 g/mol. The van der Waals surface area contributed by atoms with Crippen molar-refractivity contribution in [1.82, 2.24) is 15.1 Å². The number of aryl methyl sites for hydroxylation is 1. The second kappa shape index (κ2) is 7.92. The molecule has 1 aromatic heterocycles. The van der Waals surface area contributed by atoms with Gasteiger partial charge in [0.2, 0.25) is 5.91 Å². The summed E-state index contributed by atoms with van der Waals surface area (Å²) in [6.45, 7) is 7.39. The van der Waals surface area contributed by atoms with E-state index in [1.54, 1.807) is 25.5 Å². The predicted molar refractivity (Wildman–Crippen MR) is 95.1 cm³/mol. The third-order valence-electron chi connectivity index (χ3n) is 4.35. The summed E-state index contributed by atoms with van der Waals surface area (Å²) in [5.41, 5.74) is 1.92. The van der Waals surface area contributed by atoms with Crippen LogP contribution in [0.5, 0.6) is 0 Å². The molecule has 0 radical (unpaired) electrons. The monoisotopic (exact) mass is 344 g/mol. The number of nitro groups is 1. The summed E-state index contributed by atoms with van der Waals surface area (Å²) in [5.74, 6) is -0.443. The van der Waals surface area contributed by atoms with Crippen molar-refractivity contribution in [2.45, 2.75) is 46.7 Å². The lowest BCUT2D eigenvalue weighted by molar-refractivity contribution is -0.386. The first-order chi connectivity index (χ1) is 11.8. The standard InChI is InChI=1S/C18H24N4O3/c1-5-16(15-9-7-6-8-10-15)19-18(23)12(2)11-21-14(4)17(22(24)25)13(3)20-21/h6-10,12,16H,5,11H2,1-4H3,(H,19,23). The number of carbonyl (C=O) groups is 1. The zero-order valence-electron chi connectivity index (χ0n) is 15.0. The highest BCUT2D eigenvalue weighted by Gasteiger charge is 2.25. The number of hydrogen-bond donors (Lipinski definition) is 1. The molecule has 1 amide bonds. The van der Waals surface area contributed by atoms with Crippen LogP contribution in [0.2, 0.25) is 0 Å². The fraction of sp³-hybridized carbons (Fsp3) is 0.444. The van der Waals surface area contributed by atoms with Crippen LogP contribution in [-0.4, -0.2) is 20.6 Å². The summed E-state index contributed by atoms with van der Waals surface area (Å²) in [7, 11) is 0. The largest absolute Gasteiger partial charge is 0.349 e. The molecule has 0 aliphatic heterocycles. The molecule has 1 aromatic carbocycles. The van der Waals surface area contributed by atoms with Gasteiger partial charge in [0, 0.05) is 0 Å². The van der Waals surface area contributed by atoms with Gasteiger partial charge in [0.1, 0.15) is 11.4 Å². The van der Waals surface area contributed by atoms with Crippen molar-refractivity contribution < 1.29 is 9.72 Å². The van der Waals surface area contributed by atoms with Gasteiger partial charge in [-0.05, 0) is 25.8 Å². The Bertz CT molecular complexity index is 755. The summed E-state index contributed by atoms with van der Waals surface area (Å²) in [4.78, 5) is 23.2. The molecule has 1 N–H and O–H groups in total. The zero-order valence-corrected chi connectivity index (χ0v) is 15.0. The smallest absolute Gasteiger partial charge is 0.312 e. The van der Waals surface area contributed by atoms with Gasteiger partial charge in [-0.15, -0.1) is 0 Å². The molecule has 134 valence electrons. The van der Waals surface area contributed by atoms with Gasteiger partial charge in [-0.25, -0.2) is 0 Å². The molecule has 7 nitrogen and oxygen atoms in total. The van der Waals surface area contributed by atoms with E-state index in [9.17, 15) is 14.9 Å². The Balaban J connectivity index is 2.08. The molecule has 2 atom stereocenters. The number of hydrogen-bond acceptors (Lipinski definition) is 4. The minimum absolute atomic E-state index is 0.0170. The lowest BCUT2D eigenvalue weighted by Crippen LogP contribution is -2.34. The van der Waals surface area contributed by atoms with E-state index in [2.05, 4.69) is 10.4 Å². The van der Waals surface area contributed by atoms with Gasteiger partial charge in [-0.2, -0.15) is 5.10 Å². The third-order valence-corrected chi connectivity index (χ3v) is 4.35. The van der Waals surface area contributed by atoms with E-state index in [-0.39, 0.29) is 23.6 Å². The van der Waals surface area contributed by atoms with E-state index in [1.807, 2.05) is 37.3 Å². The van der Waals surface area contributed by atoms with E-state index >= 15 is 0 Å². The van der Waals surface area contributed by atoms with Gasteiger partial charge in [0.05, 0.1) is 23.4 Å². The molecule has 0 saturated carbocycles. The molecule has 2 aromatic rings. The quantitative estimate of drug-likeness (QED) is 0.616. The Morgan fingerprint density at radius 1 is 1.32 bits per heavy atom. The van der Waals surface area contributed by atoms with Gasteiger partial charge in [-0.1, -0.05) is 44.2 Å². The molecule has 0 aliphatic carbocycles. The summed E-state index contributed by atoms with van der Waals surface area (Å²) in [6, 6.07) is 9.76. The number of nitrogens with one attached hydrogen (secondary N) is 1. The summed E-state index contributed by atoms with van der Waals surface area (Å²) >= 11 is 0. The highest BCUT2D eigenvalue weighted by molar-refractivity contribution is 5.78. The normalized spacial score (nSPS) is 13.3. The first kappa shape index (κ1) is 18.6. The van der Waals surface area contributed by atoms with Crippen molar-refractivity contribution in [3.8, 4) is 0 Å². The number of nitrogens with zero attached hydrogens (tertiary/aromatic N) is 3. The molecule has 0 aliphatic rings. The van der Waals surface area contributed by atoms with E-state index in [4.69, 9.17) is 0 Å². The number of rotatable bonds is 7. The Morgan fingerprint density at radius 3 is 2.48 bits per heavy atom. The summed E-state index contributed by atoms with van der Waals surface area (Å²) < 4.78 is 1.54. The van der Waals surface area contributed by atoms with Crippen molar-refractivity contribution in [3.63, 3.8) is 0 Å². The second-order valence-electron chi connectivity index (χ2n) is 6.24. The number of amides is 1. The Hall–Kier alpha value is -2.70. The molecule has 0 spiro atoms. The van der Waals surface area contributed by atoms with Gasteiger partial charge < -0.3 is 5.32 Å². The Labute approximate surface area is 147 Å². The molecule has 7 heteroatoms. The lowest BCUT2D eigenvalue weighted by atomic mass is 10.0. The van der Waals surface area contributed by atoms with E-state index < -0.39 is 4.92 Å². The van der Waals surface area contributed by atoms with Crippen molar-refractivity contribution in [3.05, 3.63) is 57.4 Å². The minimum atomic E-state index is -0.429. The highest BCUT2D eigenvalue weighted by Crippen LogP contribution is 2.23. The van der Waals surface area contributed by atoms with Crippen molar-refractivity contribution in [1.29, 1.82) is 0 Å². The maximum Gasteiger partial charge on any atom is 0.312 e. The maximum absolute atomic E-state index is 12.5. The summed E-state index contributed by atoms with van der Waals surface area (Å²) in [6.07, 6.45) is 0.786. The maximum atomic E-state index is 12.5. The van der Waals surface area contributed by atoms with E-state index in [0.717, 1.165) is 12.0 Å². The number of aromatic nitrogens is 2. The third kappa shape index (κ3) is 4.23. The van der Waals surface area contributed by atoms with Crippen molar-refractivity contribution >= 4 is 11.6 Å². The molecular formula is C18H24N4O3. The molecular weight excluding hydrogens is 320 g/mol. The van der Waals surface area contributed by atoms with Crippen LogP contribution in [0.4, 0.5) is 5.69 Å².